The van der Waals surface area contributed by atoms with Crippen LogP contribution in [0.5, 0.6) is 0 Å². The number of rotatable bonds is 6. The number of aliphatic hydroxyl groups is 1. The van der Waals surface area contributed by atoms with Crippen LogP contribution in [-0.2, 0) is 6.42 Å². The number of fused-ring (bicyclic) bond motifs is 1. The maximum Gasteiger partial charge on any atom is 0.255 e. The van der Waals surface area contributed by atoms with Gasteiger partial charge < -0.3 is 14.8 Å². The highest BCUT2D eigenvalue weighted by molar-refractivity contribution is 6.05. The lowest BCUT2D eigenvalue weighted by molar-refractivity contribution is 0.0917. The highest BCUT2D eigenvalue weighted by Crippen LogP contribution is 2.27. The molecule has 0 aliphatic carbocycles. The van der Waals surface area contributed by atoms with Crippen molar-refractivity contribution < 1.29 is 14.3 Å². The predicted octanol–water partition coefficient (Wildman–Crippen LogP) is 4.10. The molecule has 156 valence electrons. The van der Waals surface area contributed by atoms with Crippen molar-refractivity contribution in [3.05, 3.63) is 106 Å². The van der Waals surface area contributed by atoms with E-state index in [0.29, 0.717) is 23.1 Å². The van der Waals surface area contributed by atoms with E-state index in [0.717, 1.165) is 11.1 Å². The lowest BCUT2D eigenvalue weighted by atomic mass is 10.0. The third-order valence-electron chi connectivity index (χ3n) is 5.31. The van der Waals surface area contributed by atoms with Crippen LogP contribution in [-0.4, -0.2) is 23.7 Å². The van der Waals surface area contributed by atoms with E-state index in [1.165, 1.54) is 0 Å². The summed E-state index contributed by atoms with van der Waals surface area (Å²) >= 11 is 0. The molecule has 1 amide bonds. The molecular formula is C26H23NO4. The summed E-state index contributed by atoms with van der Waals surface area (Å²) in [6.45, 7) is 1.52. The zero-order valence-corrected chi connectivity index (χ0v) is 17.2. The summed E-state index contributed by atoms with van der Waals surface area (Å²) in [7, 11) is 0. The fourth-order valence-corrected chi connectivity index (χ4v) is 3.68. The summed E-state index contributed by atoms with van der Waals surface area (Å²) in [5.74, 6) is 0.0490. The van der Waals surface area contributed by atoms with Gasteiger partial charge in [-0.3, -0.25) is 9.59 Å². The van der Waals surface area contributed by atoms with E-state index in [9.17, 15) is 14.7 Å². The largest absolute Gasteiger partial charge is 0.455 e. The van der Waals surface area contributed by atoms with Gasteiger partial charge in [-0.2, -0.15) is 0 Å². The van der Waals surface area contributed by atoms with Gasteiger partial charge in [0.2, 0.25) is 0 Å². The van der Waals surface area contributed by atoms with Gasteiger partial charge in [0.15, 0.2) is 11.0 Å². The topological polar surface area (TPSA) is 79.5 Å². The number of benzene rings is 3. The molecule has 0 radical (unpaired) electrons. The number of carbonyl (C=O) groups excluding carboxylic acids is 1. The van der Waals surface area contributed by atoms with E-state index in [2.05, 4.69) is 5.32 Å². The summed E-state index contributed by atoms with van der Waals surface area (Å²) in [5, 5.41) is 13.0. The summed E-state index contributed by atoms with van der Waals surface area (Å²) in [4.78, 5) is 26.1. The van der Waals surface area contributed by atoms with Gasteiger partial charge in [-0.25, -0.2) is 0 Å². The van der Waals surface area contributed by atoms with Crippen molar-refractivity contribution in [1.82, 2.24) is 5.32 Å². The first-order chi connectivity index (χ1) is 15.1. The molecule has 31 heavy (non-hydrogen) atoms. The van der Waals surface area contributed by atoms with E-state index in [4.69, 9.17) is 4.42 Å². The van der Waals surface area contributed by atoms with Crippen LogP contribution in [0.2, 0.25) is 0 Å². The SMILES string of the molecule is Cc1c(-c2ccccc2)oc2c(C(=O)NC(CO)Cc3ccccc3)cccc2c1=O. The Morgan fingerprint density at radius 1 is 0.968 bits per heavy atom. The molecule has 0 aliphatic heterocycles. The average Bonchev–Trinajstić information content (AvgIpc) is 2.81. The minimum absolute atomic E-state index is 0.169. The van der Waals surface area contributed by atoms with Gasteiger partial charge in [0.25, 0.3) is 5.91 Å². The number of nitrogens with one attached hydrogen (secondary N) is 1. The molecule has 0 aliphatic rings. The first-order valence-electron chi connectivity index (χ1n) is 10.2. The Labute approximate surface area is 180 Å². The zero-order chi connectivity index (χ0) is 21.8. The number of carbonyl (C=O) groups is 1. The van der Waals surface area contributed by atoms with Gasteiger partial charge in [0.1, 0.15) is 5.76 Å². The van der Waals surface area contributed by atoms with Crippen LogP contribution < -0.4 is 10.7 Å². The molecule has 0 saturated carbocycles. The molecule has 1 atom stereocenters. The molecule has 5 nitrogen and oxygen atoms in total. The molecule has 0 fully saturated rings. The average molecular weight is 413 g/mol. The van der Waals surface area contributed by atoms with E-state index in [-0.39, 0.29) is 23.2 Å². The second-order valence-electron chi connectivity index (χ2n) is 7.48. The fourth-order valence-electron chi connectivity index (χ4n) is 3.68. The second-order valence-corrected chi connectivity index (χ2v) is 7.48. The lowest BCUT2D eigenvalue weighted by Gasteiger charge is -2.17. The number of para-hydroxylation sites is 1. The molecule has 2 N–H and O–H groups in total. The number of amides is 1. The Balaban J connectivity index is 1.72. The van der Waals surface area contributed by atoms with Crippen molar-refractivity contribution in [2.24, 2.45) is 0 Å². The van der Waals surface area contributed by atoms with Crippen molar-refractivity contribution in [2.45, 2.75) is 19.4 Å². The van der Waals surface area contributed by atoms with E-state index in [1.807, 2.05) is 60.7 Å². The Morgan fingerprint density at radius 3 is 2.32 bits per heavy atom. The number of hydrogen-bond donors (Lipinski definition) is 2. The van der Waals surface area contributed by atoms with Crippen LogP contribution in [0.1, 0.15) is 21.5 Å². The molecule has 4 aromatic rings. The van der Waals surface area contributed by atoms with Crippen LogP contribution in [0, 0.1) is 6.92 Å². The van der Waals surface area contributed by atoms with Gasteiger partial charge in [-0.1, -0.05) is 66.7 Å². The van der Waals surface area contributed by atoms with E-state index < -0.39 is 11.9 Å². The molecule has 0 spiro atoms. The summed E-state index contributed by atoms with van der Waals surface area (Å²) in [6, 6.07) is 23.5. The number of aliphatic hydroxyl groups excluding tert-OH is 1. The molecule has 1 heterocycles. The highest BCUT2D eigenvalue weighted by atomic mass is 16.3. The maximum absolute atomic E-state index is 13.1. The van der Waals surface area contributed by atoms with Crippen LogP contribution in [0.4, 0.5) is 0 Å². The van der Waals surface area contributed by atoms with Crippen LogP contribution in [0.3, 0.4) is 0 Å². The van der Waals surface area contributed by atoms with Gasteiger partial charge in [-0.05, 0) is 31.0 Å². The first-order valence-corrected chi connectivity index (χ1v) is 10.2. The van der Waals surface area contributed by atoms with Gasteiger partial charge in [0, 0.05) is 11.1 Å². The molecule has 3 aromatic carbocycles. The van der Waals surface area contributed by atoms with Crippen LogP contribution >= 0.6 is 0 Å². The second kappa shape index (κ2) is 8.98. The Hall–Kier alpha value is -3.70. The highest BCUT2D eigenvalue weighted by Gasteiger charge is 2.20. The van der Waals surface area contributed by atoms with Crippen molar-refractivity contribution in [1.29, 1.82) is 0 Å². The first kappa shape index (κ1) is 20.6. The lowest BCUT2D eigenvalue weighted by Crippen LogP contribution is -2.39. The molecule has 1 unspecified atom stereocenters. The van der Waals surface area contributed by atoms with Crippen LogP contribution in [0.25, 0.3) is 22.3 Å². The summed E-state index contributed by atoms with van der Waals surface area (Å²) in [5.41, 5.74) is 2.61. The molecule has 4 rings (SSSR count). The third-order valence-corrected chi connectivity index (χ3v) is 5.31. The standard InChI is InChI=1S/C26H23NO4/c1-17-23(29)21-13-8-14-22(25(21)31-24(17)19-11-6-3-7-12-19)26(30)27-20(16-28)15-18-9-4-2-5-10-18/h2-14,20,28H,15-16H2,1H3,(H,27,30). The molecule has 5 heteroatoms. The smallest absolute Gasteiger partial charge is 0.255 e. The van der Waals surface area contributed by atoms with Gasteiger partial charge in [0.05, 0.1) is 23.6 Å². The third kappa shape index (κ3) is 4.27. The van der Waals surface area contributed by atoms with E-state index >= 15 is 0 Å². The minimum Gasteiger partial charge on any atom is -0.455 e. The molecule has 0 bridgehead atoms. The quantitative estimate of drug-likeness (QED) is 0.499. The Bertz CT molecular complexity index is 1260. The Kier molecular flexibility index (Phi) is 5.96. The normalized spacial score (nSPS) is 11.9. The summed E-state index contributed by atoms with van der Waals surface area (Å²) < 4.78 is 6.12. The molecular weight excluding hydrogens is 390 g/mol. The van der Waals surface area contributed by atoms with Gasteiger partial charge >= 0.3 is 0 Å². The van der Waals surface area contributed by atoms with Gasteiger partial charge in [-0.15, -0.1) is 0 Å². The van der Waals surface area contributed by atoms with Crippen molar-refractivity contribution in [3.63, 3.8) is 0 Å². The van der Waals surface area contributed by atoms with Crippen molar-refractivity contribution >= 4 is 16.9 Å². The van der Waals surface area contributed by atoms with E-state index in [1.54, 1.807) is 25.1 Å². The Morgan fingerprint density at radius 2 is 1.65 bits per heavy atom. The van der Waals surface area contributed by atoms with Crippen molar-refractivity contribution in [3.8, 4) is 11.3 Å². The monoisotopic (exact) mass is 413 g/mol. The van der Waals surface area contributed by atoms with Crippen LogP contribution in [0.15, 0.2) is 88.1 Å². The minimum atomic E-state index is -0.462. The predicted molar refractivity (Wildman–Crippen MR) is 121 cm³/mol. The number of hydrogen-bond acceptors (Lipinski definition) is 4. The maximum atomic E-state index is 13.1. The fraction of sp³-hybridized carbons (Fsp3) is 0.154. The summed E-state index contributed by atoms with van der Waals surface area (Å²) in [6.07, 6.45) is 0.492. The molecule has 1 aromatic heterocycles. The zero-order valence-electron chi connectivity index (χ0n) is 17.2. The van der Waals surface area contributed by atoms with Crippen molar-refractivity contribution in [2.75, 3.05) is 6.61 Å². The molecule has 0 saturated heterocycles.